The molecular weight excluding hydrogens is 607 g/mol. The van der Waals surface area contributed by atoms with E-state index in [2.05, 4.69) is 76.9 Å². The molecule has 0 heterocycles. The monoisotopic (exact) mass is 672 g/mol. The van der Waals surface area contributed by atoms with Gasteiger partial charge in [0.2, 0.25) is 0 Å². The first-order valence-corrected chi connectivity index (χ1v) is 18.2. The molecule has 1 aromatic carbocycles. The third kappa shape index (κ3) is 15.4. The first kappa shape index (κ1) is 41.7. The van der Waals surface area contributed by atoms with Crippen molar-refractivity contribution in [1.29, 1.82) is 0 Å². The largest absolute Gasteiger partial charge is 0.399 e. The molecule has 0 saturated heterocycles. The molecule has 6 N–H and O–H groups in total. The lowest BCUT2D eigenvalue weighted by atomic mass is 9.60. The van der Waals surface area contributed by atoms with Gasteiger partial charge in [-0.25, -0.2) is 0 Å². The second-order valence-corrected chi connectivity index (χ2v) is 14.4. The van der Waals surface area contributed by atoms with Crippen LogP contribution in [0.1, 0.15) is 89.0 Å². The van der Waals surface area contributed by atoms with Crippen molar-refractivity contribution in [2.75, 3.05) is 5.73 Å². The molecule has 2 saturated carbocycles. The number of rotatable bonds is 17. The number of nitrogens with two attached hydrogens (primary N) is 3. The lowest BCUT2D eigenvalue weighted by molar-refractivity contribution is 0.149. The summed E-state index contributed by atoms with van der Waals surface area (Å²) >= 11 is 0. The van der Waals surface area contributed by atoms with Crippen LogP contribution in [0.5, 0.6) is 0 Å². The summed E-state index contributed by atoms with van der Waals surface area (Å²) in [5, 5.41) is 0. The number of benzene rings is 1. The van der Waals surface area contributed by atoms with Crippen molar-refractivity contribution in [3.63, 3.8) is 0 Å². The van der Waals surface area contributed by atoms with Crippen molar-refractivity contribution >= 4 is 5.69 Å². The van der Waals surface area contributed by atoms with E-state index in [1.165, 1.54) is 50.5 Å². The van der Waals surface area contributed by atoms with E-state index in [0.29, 0.717) is 11.4 Å². The average molecular weight is 672 g/mol. The number of hydrogen-bond donors (Lipinski definition) is 3. The molecule has 0 unspecified atom stereocenters. The molecule has 3 nitrogen and oxygen atoms in total. The van der Waals surface area contributed by atoms with Gasteiger partial charge in [0.15, 0.2) is 0 Å². The minimum Gasteiger partial charge on any atom is -0.399 e. The van der Waals surface area contributed by atoms with Crippen molar-refractivity contribution in [3.8, 4) is 0 Å². The molecule has 0 radical (unpaired) electrons. The zero-order valence-electron chi connectivity index (χ0n) is 31.2. The highest BCUT2D eigenvalue weighted by Crippen LogP contribution is 2.52. The van der Waals surface area contributed by atoms with Crippen LogP contribution in [0.15, 0.2) is 170 Å². The topological polar surface area (TPSA) is 78.1 Å². The fraction of sp³-hybridized carbons (Fsp3) is 0.362. The quantitative estimate of drug-likeness (QED) is 0.114. The van der Waals surface area contributed by atoms with Crippen molar-refractivity contribution in [2.45, 2.75) is 90.4 Å². The van der Waals surface area contributed by atoms with Crippen molar-refractivity contribution in [1.82, 2.24) is 0 Å². The second kappa shape index (κ2) is 21.6. The number of nitrogen functional groups attached to an aromatic ring is 1. The van der Waals surface area contributed by atoms with Crippen LogP contribution >= 0.6 is 0 Å². The predicted molar refractivity (Wildman–Crippen MR) is 223 cm³/mol. The Kier molecular flexibility index (Phi) is 18.0. The van der Waals surface area contributed by atoms with Crippen LogP contribution < -0.4 is 17.2 Å². The van der Waals surface area contributed by atoms with Gasteiger partial charge in [0.1, 0.15) is 0 Å². The van der Waals surface area contributed by atoms with Gasteiger partial charge < -0.3 is 17.2 Å². The normalized spacial score (nSPS) is 16.7. The fourth-order valence-corrected chi connectivity index (χ4v) is 6.81. The minimum atomic E-state index is -0.139. The summed E-state index contributed by atoms with van der Waals surface area (Å²) in [6, 6.07) is 7.79. The van der Waals surface area contributed by atoms with Crippen molar-refractivity contribution in [2.24, 2.45) is 28.7 Å². The Bertz CT molecular complexity index is 1390. The van der Waals surface area contributed by atoms with Crippen molar-refractivity contribution < 1.29 is 0 Å². The van der Waals surface area contributed by atoms with Crippen LogP contribution in [0.2, 0.25) is 0 Å². The summed E-state index contributed by atoms with van der Waals surface area (Å²) in [5.41, 5.74) is 26.1. The van der Waals surface area contributed by atoms with Gasteiger partial charge in [-0.05, 0) is 106 Å². The van der Waals surface area contributed by atoms with Gasteiger partial charge >= 0.3 is 0 Å². The molecule has 268 valence electrons. The number of allylic oxidation sites excluding steroid dienone is 14. The highest BCUT2D eigenvalue weighted by molar-refractivity contribution is 5.43. The summed E-state index contributed by atoms with van der Waals surface area (Å²) in [6.07, 6.45) is 31.0. The van der Waals surface area contributed by atoms with Crippen LogP contribution in [0.25, 0.3) is 0 Å². The molecule has 0 spiro atoms. The van der Waals surface area contributed by atoms with Gasteiger partial charge in [-0.2, -0.15) is 0 Å². The number of aryl methyl sites for hydroxylation is 1. The Morgan fingerprint density at radius 2 is 0.920 bits per heavy atom. The lowest BCUT2D eigenvalue weighted by Gasteiger charge is -2.44. The first-order chi connectivity index (χ1) is 23.7. The van der Waals surface area contributed by atoms with Crippen LogP contribution in [-0.2, 0) is 0 Å². The van der Waals surface area contributed by atoms with E-state index >= 15 is 0 Å². The molecule has 3 heteroatoms. The van der Waals surface area contributed by atoms with Crippen LogP contribution in [0, 0.1) is 24.2 Å². The lowest BCUT2D eigenvalue weighted by Crippen LogP contribution is -2.33. The fourth-order valence-electron chi connectivity index (χ4n) is 6.81. The van der Waals surface area contributed by atoms with E-state index in [1.807, 2.05) is 43.3 Å². The molecule has 0 aromatic heterocycles. The number of anilines is 1. The Labute approximate surface area is 305 Å². The molecule has 0 atom stereocenters. The standard InChI is InChI=1S/C40H56N2.C7H9N/c1-30(14-16-32(3)20-24-36(7)41)18-22-34(5)40(28-26-39(27-29-40)38-12-10-9-11-13-38)35(6)23-19-31(2)15-17-33(4)21-25-37(8)42;1-6-2-4-7(8)5-3-6/h18-25,38-39H,1-17,26-29,41-42H2;2-5H,8H2,1H3/b22-18-,23-19-,24-20-,25-21-;. The van der Waals surface area contributed by atoms with E-state index in [1.54, 1.807) is 12.2 Å². The smallest absolute Gasteiger partial charge is 0.0314 e. The second-order valence-electron chi connectivity index (χ2n) is 14.4. The highest BCUT2D eigenvalue weighted by atomic mass is 14.5. The highest BCUT2D eigenvalue weighted by Gasteiger charge is 2.40. The Hall–Kier alpha value is -4.50. The van der Waals surface area contributed by atoms with Crippen LogP contribution in [-0.4, -0.2) is 0 Å². The molecule has 2 aliphatic rings. The summed E-state index contributed by atoms with van der Waals surface area (Å²) in [4.78, 5) is 0. The molecule has 1 aromatic rings. The Balaban J connectivity index is 0.000000946. The molecule has 0 amide bonds. The van der Waals surface area contributed by atoms with Gasteiger partial charge in [0.05, 0.1) is 0 Å². The maximum atomic E-state index is 5.63. The van der Waals surface area contributed by atoms with Crippen LogP contribution in [0.4, 0.5) is 5.69 Å². The molecule has 3 rings (SSSR count). The summed E-state index contributed by atoms with van der Waals surface area (Å²) in [7, 11) is 0. The van der Waals surface area contributed by atoms with Gasteiger partial charge in [0, 0.05) is 22.5 Å². The molecule has 2 aliphatic carbocycles. The van der Waals surface area contributed by atoms with Crippen molar-refractivity contribution in [3.05, 3.63) is 176 Å². The SMILES string of the molecule is C=C(N)/C=C\C(=C)CCC(=C)/C=C\C(=C)C1(C(=C)/C=C\C(=C)CCC(=C)/C=C\C(=C)N)CCC(C2CCCCC2)CC1.Cc1ccc(N)cc1. The predicted octanol–water partition coefficient (Wildman–Crippen LogP) is 12.4. The first-order valence-electron chi connectivity index (χ1n) is 18.2. The maximum absolute atomic E-state index is 5.63. The molecule has 0 aliphatic heterocycles. The molecule has 50 heavy (non-hydrogen) atoms. The Morgan fingerprint density at radius 3 is 1.28 bits per heavy atom. The Morgan fingerprint density at radius 1 is 0.560 bits per heavy atom. The minimum absolute atomic E-state index is 0.139. The van der Waals surface area contributed by atoms with Gasteiger partial charge in [-0.1, -0.05) is 161 Å². The summed E-state index contributed by atoms with van der Waals surface area (Å²) in [5.74, 6) is 1.71. The summed E-state index contributed by atoms with van der Waals surface area (Å²) in [6.45, 7) is 35.5. The number of hydrogen-bond acceptors (Lipinski definition) is 3. The third-order valence-corrected chi connectivity index (χ3v) is 10.1. The van der Waals surface area contributed by atoms with E-state index in [-0.39, 0.29) is 5.41 Å². The van der Waals surface area contributed by atoms with E-state index in [0.717, 1.165) is 89.5 Å². The van der Waals surface area contributed by atoms with Gasteiger partial charge in [0.25, 0.3) is 0 Å². The zero-order chi connectivity index (χ0) is 37.1. The average Bonchev–Trinajstić information content (AvgIpc) is 3.11. The molecule has 0 bridgehead atoms. The maximum Gasteiger partial charge on any atom is 0.0314 e. The van der Waals surface area contributed by atoms with E-state index in [9.17, 15) is 0 Å². The summed E-state index contributed by atoms with van der Waals surface area (Å²) < 4.78 is 0. The zero-order valence-corrected chi connectivity index (χ0v) is 31.2. The van der Waals surface area contributed by atoms with E-state index in [4.69, 9.17) is 17.2 Å². The van der Waals surface area contributed by atoms with E-state index < -0.39 is 0 Å². The third-order valence-electron chi connectivity index (χ3n) is 10.1. The molecule has 2 fully saturated rings. The molecular formula is C47H65N3. The van der Waals surface area contributed by atoms with Gasteiger partial charge in [-0.15, -0.1) is 0 Å². The van der Waals surface area contributed by atoms with Crippen LogP contribution in [0.3, 0.4) is 0 Å². The van der Waals surface area contributed by atoms with Gasteiger partial charge in [-0.3, -0.25) is 0 Å².